The van der Waals surface area contributed by atoms with Gasteiger partial charge in [0.25, 0.3) is 0 Å². The van der Waals surface area contributed by atoms with Gasteiger partial charge in [-0.15, -0.1) is 11.3 Å². The standard InChI is InChI=1S/C21H27N3O4S/c1-22(15-20(25)23-9-11-28-12-10-23)16-21(26)24(14-19-4-3-13-29-19)17-5-7-18(27-2)8-6-17/h3-8,13H,9-12,14-16H2,1-2H3. The molecule has 0 unspecified atom stereocenters. The van der Waals surface area contributed by atoms with Gasteiger partial charge in [0.1, 0.15) is 5.75 Å². The van der Waals surface area contributed by atoms with E-state index in [0.29, 0.717) is 32.8 Å². The Morgan fingerprint density at radius 1 is 1.14 bits per heavy atom. The number of nitrogens with zero attached hydrogens (tertiary/aromatic N) is 3. The third-order valence-corrected chi connectivity index (χ3v) is 5.61. The number of hydrogen-bond donors (Lipinski definition) is 0. The molecule has 0 N–H and O–H groups in total. The lowest BCUT2D eigenvalue weighted by Gasteiger charge is -2.29. The molecule has 2 heterocycles. The van der Waals surface area contributed by atoms with E-state index in [1.165, 1.54) is 0 Å². The average Bonchev–Trinajstić information content (AvgIpc) is 3.26. The van der Waals surface area contributed by atoms with Crippen molar-refractivity contribution in [3.63, 3.8) is 0 Å². The molecule has 1 aromatic heterocycles. The first-order valence-electron chi connectivity index (χ1n) is 9.57. The molecule has 0 bridgehead atoms. The van der Waals surface area contributed by atoms with E-state index in [9.17, 15) is 9.59 Å². The van der Waals surface area contributed by atoms with Gasteiger partial charge in [-0.2, -0.15) is 0 Å². The fraction of sp³-hybridized carbons (Fsp3) is 0.429. The number of carbonyl (C=O) groups excluding carboxylic acids is 2. The van der Waals surface area contributed by atoms with E-state index in [1.807, 2.05) is 41.8 Å². The van der Waals surface area contributed by atoms with Gasteiger partial charge in [0.2, 0.25) is 11.8 Å². The zero-order valence-corrected chi connectivity index (χ0v) is 17.7. The Bertz CT molecular complexity index is 789. The summed E-state index contributed by atoms with van der Waals surface area (Å²) >= 11 is 1.61. The average molecular weight is 418 g/mol. The first-order valence-corrected chi connectivity index (χ1v) is 10.5. The maximum absolute atomic E-state index is 13.1. The van der Waals surface area contributed by atoms with Gasteiger partial charge in [0.15, 0.2) is 0 Å². The lowest BCUT2D eigenvalue weighted by Crippen LogP contribution is -2.47. The molecule has 2 amide bonds. The highest BCUT2D eigenvalue weighted by atomic mass is 32.1. The van der Waals surface area contributed by atoms with Crippen molar-refractivity contribution in [2.75, 3.05) is 58.5 Å². The monoisotopic (exact) mass is 417 g/mol. The number of ether oxygens (including phenoxy) is 2. The predicted octanol–water partition coefficient (Wildman–Crippen LogP) is 2.08. The smallest absolute Gasteiger partial charge is 0.241 e. The SMILES string of the molecule is COc1ccc(N(Cc2cccs2)C(=O)CN(C)CC(=O)N2CCOCC2)cc1. The fourth-order valence-corrected chi connectivity index (χ4v) is 3.85. The Labute approximate surface area is 175 Å². The van der Waals surface area contributed by atoms with Crippen LogP contribution in [0.4, 0.5) is 5.69 Å². The van der Waals surface area contributed by atoms with Crippen LogP contribution in [0.2, 0.25) is 0 Å². The van der Waals surface area contributed by atoms with Gasteiger partial charge >= 0.3 is 0 Å². The molecule has 8 heteroatoms. The largest absolute Gasteiger partial charge is 0.497 e. The van der Waals surface area contributed by atoms with Gasteiger partial charge < -0.3 is 19.3 Å². The summed E-state index contributed by atoms with van der Waals surface area (Å²) in [6.07, 6.45) is 0. The van der Waals surface area contributed by atoms with Crippen LogP contribution in [0.3, 0.4) is 0 Å². The van der Waals surface area contributed by atoms with Gasteiger partial charge in [0, 0.05) is 23.7 Å². The molecule has 156 valence electrons. The van der Waals surface area contributed by atoms with Crippen LogP contribution < -0.4 is 9.64 Å². The lowest BCUT2D eigenvalue weighted by atomic mass is 10.2. The molecule has 1 saturated heterocycles. The second kappa shape index (κ2) is 10.4. The topological polar surface area (TPSA) is 62.3 Å². The summed E-state index contributed by atoms with van der Waals surface area (Å²) in [5.74, 6) is 0.712. The molecular weight excluding hydrogens is 390 g/mol. The molecule has 1 aliphatic rings. The van der Waals surface area contributed by atoms with Crippen molar-refractivity contribution < 1.29 is 19.1 Å². The molecule has 1 aliphatic heterocycles. The quantitative estimate of drug-likeness (QED) is 0.658. The highest BCUT2D eigenvalue weighted by Crippen LogP contribution is 2.23. The molecule has 7 nitrogen and oxygen atoms in total. The Hall–Kier alpha value is -2.42. The van der Waals surface area contributed by atoms with E-state index in [4.69, 9.17) is 9.47 Å². The number of rotatable bonds is 8. The number of morpholine rings is 1. The zero-order chi connectivity index (χ0) is 20.6. The molecule has 1 aromatic carbocycles. The first-order chi connectivity index (χ1) is 14.1. The van der Waals surface area contributed by atoms with Gasteiger partial charge in [0.05, 0.1) is 40.0 Å². The number of methoxy groups -OCH3 is 1. The summed E-state index contributed by atoms with van der Waals surface area (Å²) in [6.45, 7) is 3.22. The van der Waals surface area contributed by atoms with Crippen molar-refractivity contribution in [2.45, 2.75) is 6.54 Å². The van der Waals surface area contributed by atoms with E-state index < -0.39 is 0 Å². The van der Waals surface area contributed by atoms with E-state index in [-0.39, 0.29) is 24.9 Å². The minimum absolute atomic E-state index is 0.0258. The highest BCUT2D eigenvalue weighted by molar-refractivity contribution is 7.09. The second-order valence-corrected chi connectivity index (χ2v) is 7.95. The maximum atomic E-state index is 13.1. The highest BCUT2D eigenvalue weighted by Gasteiger charge is 2.22. The maximum Gasteiger partial charge on any atom is 0.241 e. The molecular formula is C21H27N3O4S. The fourth-order valence-electron chi connectivity index (χ4n) is 3.16. The number of thiophene rings is 1. The van der Waals surface area contributed by atoms with E-state index in [0.717, 1.165) is 16.3 Å². The molecule has 0 saturated carbocycles. The summed E-state index contributed by atoms with van der Waals surface area (Å²) in [6, 6.07) is 11.4. The minimum Gasteiger partial charge on any atom is -0.497 e. The zero-order valence-electron chi connectivity index (χ0n) is 16.9. The van der Waals surface area contributed by atoms with Gasteiger partial charge in [-0.25, -0.2) is 0 Å². The number of carbonyl (C=O) groups is 2. The van der Waals surface area contributed by atoms with Crippen molar-refractivity contribution in [3.8, 4) is 5.75 Å². The number of anilines is 1. The van der Waals surface area contributed by atoms with Crippen LogP contribution in [0.25, 0.3) is 0 Å². The number of hydrogen-bond acceptors (Lipinski definition) is 6. The Balaban J connectivity index is 1.65. The summed E-state index contributed by atoms with van der Waals surface area (Å²) < 4.78 is 10.5. The molecule has 1 fully saturated rings. The summed E-state index contributed by atoms with van der Waals surface area (Å²) in [7, 11) is 3.41. The Morgan fingerprint density at radius 3 is 2.48 bits per heavy atom. The summed E-state index contributed by atoms with van der Waals surface area (Å²) in [4.78, 5) is 32.0. The molecule has 3 rings (SSSR count). The molecule has 2 aromatic rings. The Kier molecular flexibility index (Phi) is 7.62. The first kappa shape index (κ1) is 21.3. The van der Waals surface area contributed by atoms with Gasteiger partial charge in [-0.3, -0.25) is 14.5 Å². The van der Waals surface area contributed by atoms with Crippen LogP contribution in [0, 0.1) is 0 Å². The molecule has 0 radical (unpaired) electrons. The molecule has 0 aliphatic carbocycles. The normalized spacial score (nSPS) is 14.1. The number of benzene rings is 1. The number of likely N-dealkylation sites (N-methyl/N-ethyl adjacent to an activating group) is 1. The van der Waals surface area contributed by atoms with Gasteiger partial charge in [-0.1, -0.05) is 6.07 Å². The van der Waals surface area contributed by atoms with Crippen LogP contribution >= 0.6 is 11.3 Å². The predicted molar refractivity (Wildman–Crippen MR) is 113 cm³/mol. The molecule has 0 spiro atoms. The van der Waals surface area contributed by atoms with E-state index in [2.05, 4.69) is 0 Å². The number of amides is 2. The second-order valence-electron chi connectivity index (χ2n) is 6.92. The van der Waals surface area contributed by atoms with Crippen molar-refractivity contribution in [1.82, 2.24) is 9.80 Å². The lowest BCUT2D eigenvalue weighted by molar-refractivity contribution is -0.136. The van der Waals surface area contributed by atoms with Crippen molar-refractivity contribution in [1.29, 1.82) is 0 Å². The molecule has 29 heavy (non-hydrogen) atoms. The van der Waals surface area contributed by atoms with E-state index >= 15 is 0 Å². The summed E-state index contributed by atoms with van der Waals surface area (Å²) in [5.41, 5.74) is 0.803. The van der Waals surface area contributed by atoms with Crippen LogP contribution in [-0.4, -0.2) is 75.2 Å². The third kappa shape index (κ3) is 6.03. The van der Waals surface area contributed by atoms with Crippen LogP contribution in [0.1, 0.15) is 4.88 Å². The van der Waals surface area contributed by atoms with Crippen molar-refractivity contribution in [3.05, 3.63) is 46.7 Å². The Morgan fingerprint density at radius 2 is 1.86 bits per heavy atom. The van der Waals surface area contributed by atoms with Gasteiger partial charge in [-0.05, 0) is 42.8 Å². The summed E-state index contributed by atoms with van der Waals surface area (Å²) in [5, 5.41) is 2.00. The minimum atomic E-state index is -0.0548. The molecule has 0 atom stereocenters. The van der Waals surface area contributed by atoms with Crippen LogP contribution in [-0.2, 0) is 20.9 Å². The van der Waals surface area contributed by atoms with E-state index in [1.54, 1.807) is 40.2 Å². The van der Waals surface area contributed by atoms with Crippen LogP contribution in [0.5, 0.6) is 5.75 Å². The van der Waals surface area contributed by atoms with Crippen molar-refractivity contribution in [2.24, 2.45) is 0 Å². The van der Waals surface area contributed by atoms with Crippen LogP contribution in [0.15, 0.2) is 41.8 Å². The third-order valence-electron chi connectivity index (χ3n) is 4.75. The van der Waals surface area contributed by atoms with Crippen molar-refractivity contribution >= 4 is 28.8 Å².